The summed E-state index contributed by atoms with van der Waals surface area (Å²) in [6.07, 6.45) is 1.41. The van der Waals surface area contributed by atoms with Gasteiger partial charge in [-0.05, 0) is 5.92 Å². The molecule has 4 heteroatoms. The van der Waals surface area contributed by atoms with Gasteiger partial charge in [0, 0.05) is 6.54 Å². The lowest BCUT2D eigenvalue weighted by Gasteiger charge is -2.02. The molecule has 0 aliphatic heterocycles. The van der Waals surface area contributed by atoms with E-state index in [2.05, 4.69) is 4.98 Å². The third-order valence-corrected chi connectivity index (χ3v) is 1.34. The highest BCUT2D eigenvalue weighted by atomic mass is 16.3. The predicted octanol–water partition coefficient (Wildman–Crippen LogP) is 0.538. The summed E-state index contributed by atoms with van der Waals surface area (Å²) in [6, 6.07) is 0. The van der Waals surface area contributed by atoms with Crippen LogP contribution in [0, 0.1) is 5.92 Å². The monoisotopic (exact) mass is 156 g/mol. The van der Waals surface area contributed by atoms with Gasteiger partial charge in [-0.3, -0.25) is 9.55 Å². The topological polar surface area (TPSA) is 58.0 Å². The zero-order chi connectivity index (χ0) is 8.43. The van der Waals surface area contributed by atoms with Crippen LogP contribution in [0.5, 0.6) is 5.88 Å². The van der Waals surface area contributed by atoms with Crippen LogP contribution in [-0.2, 0) is 6.54 Å². The van der Waals surface area contributed by atoms with Crippen molar-refractivity contribution in [3.05, 3.63) is 16.7 Å². The molecule has 1 aromatic rings. The normalized spacial score (nSPS) is 10.8. The quantitative estimate of drug-likeness (QED) is 0.656. The number of nitrogens with one attached hydrogen (secondary N) is 1. The summed E-state index contributed by atoms with van der Waals surface area (Å²) >= 11 is 0. The van der Waals surface area contributed by atoms with Gasteiger partial charge in [0.2, 0.25) is 5.88 Å². The maximum atomic E-state index is 10.9. The molecule has 0 saturated heterocycles. The molecule has 0 fully saturated rings. The van der Waals surface area contributed by atoms with Crippen LogP contribution >= 0.6 is 0 Å². The van der Waals surface area contributed by atoms with E-state index >= 15 is 0 Å². The van der Waals surface area contributed by atoms with Gasteiger partial charge in [-0.1, -0.05) is 13.8 Å². The van der Waals surface area contributed by atoms with Crippen molar-refractivity contribution in [1.82, 2.24) is 9.55 Å². The lowest BCUT2D eigenvalue weighted by Crippen LogP contribution is -2.18. The van der Waals surface area contributed by atoms with Crippen LogP contribution in [0.4, 0.5) is 0 Å². The van der Waals surface area contributed by atoms with E-state index in [1.807, 2.05) is 13.8 Å². The second-order valence-electron chi connectivity index (χ2n) is 2.99. The Balaban J connectivity index is 2.86. The standard InChI is InChI=1S/C7H12N2O2/c1-5(2)3-9-4-6(10)8-7(9)11/h4-5,10H,3H2,1-2H3,(H,8,11). The summed E-state index contributed by atoms with van der Waals surface area (Å²) in [5.41, 5.74) is -0.254. The number of aromatic nitrogens is 2. The SMILES string of the molecule is CC(C)Cn1cc(O)[nH]c1=O. The lowest BCUT2D eigenvalue weighted by molar-refractivity contribution is 0.453. The third kappa shape index (κ3) is 1.86. The fourth-order valence-electron chi connectivity index (χ4n) is 0.949. The van der Waals surface area contributed by atoms with Gasteiger partial charge in [0.25, 0.3) is 0 Å². The fraction of sp³-hybridized carbons (Fsp3) is 0.571. The summed E-state index contributed by atoms with van der Waals surface area (Å²) in [7, 11) is 0. The molecule has 1 rings (SSSR count). The summed E-state index contributed by atoms with van der Waals surface area (Å²) in [4.78, 5) is 13.2. The molecule has 0 radical (unpaired) electrons. The number of aromatic amines is 1. The molecule has 0 spiro atoms. The Morgan fingerprint density at radius 2 is 2.36 bits per heavy atom. The number of aromatic hydroxyl groups is 1. The average molecular weight is 156 g/mol. The summed E-state index contributed by atoms with van der Waals surface area (Å²) < 4.78 is 1.46. The summed E-state index contributed by atoms with van der Waals surface area (Å²) in [6.45, 7) is 4.66. The average Bonchev–Trinajstić information content (AvgIpc) is 2.09. The van der Waals surface area contributed by atoms with E-state index in [9.17, 15) is 4.79 Å². The highest BCUT2D eigenvalue weighted by Gasteiger charge is 2.02. The zero-order valence-corrected chi connectivity index (χ0v) is 6.66. The Hall–Kier alpha value is -1.19. The molecule has 0 aromatic carbocycles. The number of hydrogen-bond donors (Lipinski definition) is 2. The first-order valence-corrected chi connectivity index (χ1v) is 3.58. The lowest BCUT2D eigenvalue weighted by atomic mass is 10.2. The Morgan fingerprint density at radius 1 is 1.73 bits per heavy atom. The Labute approximate surface area is 64.5 Å². The van der Waals surface area contributed by atoms with Gasteiger partial charge in [-0.25, -0.2) is 4.79 Å². The van der Waals surface area contributed by atoms with Crippen molar-refractivity contribution in [3.63, 3.8) is 0 Å². The largest absolute Gasteiger partial charge is 0.493 e. The van der Waals surface area contributed by atoms with Crippen molar-refractivity contribution in [1.29, 1.82) is 0 Å². The van der Waals surface area contributed by atoms with E-state index < -0.39 is 0 Å². The van der Waals surface area contributed by atoms with Crippen molar-refractivity contribution < 1.29 is 5.11 Å². The van der Waals surface area contributed by atoms with Crippen LogP contribution in [0.25, 0.3) is 0 Å². The maximum Gasteiger partial charge on any atom is 0.328 e. The van der Waals surface area contributed by atoms with Crippen LogP contribution in [0.1, 0.15) is 13.8 Å². The van der Waals surface area contributed by atoms with Gasteiger partial charge < -0.3 is 5.11 Å². The first-order chi connectivity index (χ1) is 5.09. The minimum atomic E-state index is -0.254. The smallest absolute Gasteiger partial charge is 0.328 e. The van der Waals surface area contributed by atoms with Crippen LogP contribution in [0.2, 0.25) is 0 Å². The van der Waals surface area contributed by atoms with Crippen molar-refractivity contribution in [2.75, 3.05) is 0 Å². The van der Waals surface area contributed by atoms with Gasteiger partial charge in [0.1, 0.15) is 0 Å². The molecule has 4 nitrogen and oxygen atoms in total. The Kier molecular flexibility index (Phi) is 2.03. The van der Waals surface area contributed by atoms with Crippen LogP contribution in [0.3, 0.4) is 0 Å². The second kappa shape index (κ2) is 2.82. The van der Waals surface area contributed by atoms with Gasteiger partial charge in [0.05, 0.1) is 6.20 Å². The number of nitrogens with zero attached hydrogens (tertiary/aromatic N) is 1. The van der Waals surface area contributed by atoms with Crippen molar-refractivity contribution in [2.24, 2.45) is 5.92 Å². The molecule has 0 amide bonds. The molecule has 1 heterocycles. The van der Waals surface area contributed by atoms with Crippen molar-refractivity contribution in [2.45, 2.75) is 20.4 Å². The highest BCUT2D eigenvalue weighted by molar-refractivity contribution is 5.00. The minimum Gasteiger partial charge on any atom is -0.493 e. The van der Waals surface area contributed by atoms with E-state index in [-0.39, 0.29) is 11.6 Å². The van der Waals surface area contributed by atoms with E-state index in [0.29, 0.717) is 12.5 Å². The number of rotatable bonds is 2. The predicted molar refractivity (Wildman–Crippen MR) is 41.6 cm³/mol. The fourth-order valence-corrected chi connectivity index (χ4v) is 0.949. The molecule has 2 N–H and O–H groups in total. The summed E-state index contributed by atoms with van der Waals surface area (Å²) in [5.74, 6) is 0.332. The van der Waals surface area contributed by atoms with Crippen molar-refractivity contribution in [3.8, 4) is 5.88 Å². The molecule has 0 aliphatic carbocycles. The first kappa shape index (κ1) is 7.91. The van der Waals surface area contributed by atoms with Gasteiger partial charge in [-0.15, -0.1) is 0 Å². The van der Waals surface area contributed by atoms with Gasteiger partial charge >= 0.3 is 5.69 Å². The molecule has 0 atom stereocenters. The molecular weight excluding hydrogens is 144 g/mol. The highest BCUT2D eigenvalue weighted by Crippen LogP contribution is 2.01. The molecular formula is C7H12N2O2. The van der Waals surface area contributed by atoms with Crippen LogP contribution < -0.4 is 5.69 Å². The molecule has 1 aromatic heterocycles. The maximum absolute atomic E-state index is 10.9. The zero-order valence-electron chi connectivity index (χ0n) is 6.66. The summed E-state index contributed by atoms with van der Waals surface area (Å²) in [5, 5.41) is 8.87. The second-order valence-corrected chi connectivity index (χ2v) is 2.99. The van der Waals surface area contributed by atoms with E-state index in [1.54, 1.807) is 0 Å². The number of hydrogen-bond acceptors (Lipinski definition) is 2. The molecule has 0 aliphatic rings. The number of imidazole rings is 1. The Bertz CT molecular complexity index is 285. The van der Waals surface area contributed by atoms with Crippen LogP contribution in [0.15, 0.2) is 11.0 Å². The number of H-pyrrole nitrogens is 1. The van der Waals surface area contributed by atoms with Gasteiger partial charge in [0.15, 0.2) is 0 Å². The Morgan fingerprint density at radius 3 is 2.73 bits per heavy atom. The van der Waals surface area contributed by atoms with Gasteiger partial charge in [-0.2, -0.15) is 0 Å². The van der Waals surface area contributed by atoms with Crippen molar-refractivity contribution >= 4 is 0 Å². The van der Waals surface area contributed by atoms with E-state index in [1.165, 1.54) is 10.8 Å². The van der Waals surface area contributed by atoms with E-state index in [4.69, 9.17) is 5.11 Å². The van der Waals surface area contributed by atoms with E-state index in [0.717, 1.165) is 0 Å². The molecule has 0 bridgehead atoms. The first-order valence-electron chi connectivity index (χ1n) is 3.58. The minimum absolute atomic E-state index is 0.0735. The van der Waals surface area contributed by atoms with Crippen LogP contribution in [-0.4, -0.2) is 14.7 Å². The molecule has 0 saturated carbocycles. The molecule has 0 unspecified atom stereocenters. The molecule has 11 heavy (non-hydrogen) atoms. The third-order valence-electron chi connectivity index (χ3n) is 1.34. The molecule has 62 valence electrons.